The van der Waals surface area contributed by atoms with Gasteiger partial charge < -0.3 is 11.6 Å². The zero-order valence-electron chi connectivity index (χ0n) is 11.8. The maximum atomic E-state index is 10.2. The predicted molar refractivity (Wildman–Crippen MR) is 62.6 cm³/mol. The van der Waals surface area contributed by atoms with Crippen LogP contribution in [0.15, 0.2) is 0 Å². The minimum absolute atomic E-state index is 0. The smallest absolute Gasteiger partial charge is 1.00 e. The normalized spacial score (nSPS) is 9.65. The van der Waals surface area contributed by atoms with E-state index in [9.17, 15) is 9.59 Å². The van der Waals surface area contributed by atoms with E-state index < -0.39 is 11.9 Å². The van der Waals surface area contributed by atoms with Crippen molar-refractivity contribution in [3.05, 3.63) is 0 Å². The van der Waals surface area contributed by atoms with Crippen molar-refractivity contribution in [2.24, 2.45) is 0 Å². The molecule has 0 aliphatic carbocycles. The van der Waals surface area contributed by atoms with Crippen molar-refractivity contribution in [1.29, 1.82) is 0 Å². The van der Waals surface area contributed by atoms with Crippen molar-refractivity contribution in [3.63, 3.8) is 0 Å². The van der Waals surface area contributed by atoms with Gasteiger partial charge in [0.1, 0.15) is 0 Å². The van der Waals surface area contributed by atoms with Crippen LogP contribution in [0.2, 0.25) is 0 Å². The zero-order chi connectivity index (χ0) is 12.2. The van der Waals surface area contributed by atoms with E-state index in [1.54, 1.807) is 0 Å². The van der Waals surface area contributed by atoms with Crippen LogP contribution in [0.5, 0.6) is 0 Å². The number of hydrogen-bond donors (Lipinski definition) is 2. The standard InChI is InChI=1S/C12H22O4.Li.H/c13-11(14)9-7-5-3-1-2-4-6-8-10-12(15)16;;/h1-10H2,(H,13,14)(H,15,16);;/q;+1;-1. The molecule has 0 radical (unpaired) electrons. The summed E-state index contributed by atoms with van der Waals surface area (Å²) < 4.78 is 0. The van der Waals surface area contributed by atoms with Gasteiger partial charge in [-0.1, -0.05) is 38.5 Å². The van der Waals surface area contributed by atoms with Crippen molar-refractivity contribution in [2.75, 3.05) is 0 Å². The van der Waals surface area contributed by atoms with Crippen LogP contribution in [0.25, 0.3) is 0 Å². The third kappa shape index (κ3) is 18.1. The number of carboxylic acid groups (broad SMARTS) is 2. The second-order valence-electron chi connectivity index (χ2n) is 4.12. The Balaban J connectivity index is -0.00000112. The van der Waals surface area contributed by atoms with Gasteiger partial charge in [-0.05, 0) is 12.8 Å². The fourth-order valence-electron chi connectivity index (χ4n) is 1.61. The van der Waals surface area contributed by atoms with Crippen LogP contribution in [0.1, 0.15) is 65.6 Å². The third-order valence-electron chi connectivity index (χ3n) is 2.53. The van der Waals surface area contributed by atoms with Gasteiger partial charge in [0.25, 0.3) is 0 Å². The van der Waals surface area contributed by atoms with Crippen LogP contribution < -0.4 is 18.9 Å². The van der Waals surface area contributed by atoms with Gasteiger partial charge in [0.15, 0.2) is 0 Å². The summed E-state index contributed by atoms with van der Waals surface area (Å²) in [7, 11) is 0. The summed E-state index contributed by atoms with van der Waals surface area (Å²) >= 11 is 0. The van der Waals surface area contributed by atoms with E-state index in [2.05, 4.69) is 0 Å². The first-order valence-electron chi connectivity index (χ1n) is 6.06. The van der Waals surface area contributed by atoms with E-state index in [0.29, 0.717) is 0 Å². The van der Waals surface area contributed by atoms with Gasteiger partial charge in [-0.2, -0.15) is 0 Å². The molecule has 0 aromatic rings. The van der Waals surface area contributed by atoms with Crippen molar-refractivity contribution in [2.45, 2.75) is 64.2 Å². The quantitative estimate of drug-likeness (QED) is 0.397. The molecule has 2 N–H and O–H groups in total. The first-order valence-corrected chi connectivity index (χ1v) is 6.06. The Bertz CT molecular complexity index is 190. The molecule has 0 amide bonds. The molecule has 4 nitrogen and oxygen atoms in total. The molecular weight excluding hydrogens is 215 g/mol. The molecule has 5 heteroatoms. The van der Waals surface area contributed by atoms with Crippen LogP contribution in [0, 0.1) is 0 Å². The third-order valence-corrected chi connectivity index (χ3v) is 2.53. The number of hydrogen-bond acceptors (Lipinski definition) is 2. The van der Waals surface area contributed by atoms with E-state index in [1.807, 2.05) is 0 Å². The summed E-state index contributed by atoms with van der Waals surface area (Å²) in [5, 5.41) is 16.8. The summed E-state index contributed by atoms with van der Waals surface area (Å²) in [6.07, 6.45) is 8.51. The summed E-state index contributed by atoms with van der Waals surface area (Å²) in [5.74, 6) is -1.43. The topological polar surface area (TPSA) is 74.6 Å². The van der Waals surface area contributed by atoms with E-state index in [4.69, 9.17) is 10.2 Å². The first-order chi connectivity index (χ1) is 7.63. The Morgan fingerprint density at radius 1 is 0.647 bits per heavy atom. The molecule has 0 aliphatic rings. The molecule has 0 heterocycles. The fourth-order valence-corrected chi connectivity index (χ4v) is 1.61. The average molecular weight is 238 g/mol. The van der Waals surface area contributed by atoms with E-state index >= 15 is 0 Å². The van der Waals surface area contributed by atoms with Crippen LogP contribution in [-0.2, 0) is 9.59 Å². The summed E-state index contributed by atoms with van der Waals surface area (Å²) in [4.78, 5) is 20.4. The average Bonchev–Trinajstić information content (AvgIpc) is 2.20. The van der Waals surface area contributed by atoms with Crippen molar-refractivity contribution in [1.82, 2.24) is 0 Å². The molecule has 0 unspecified atom stereocenters. The van der Waals surface area contributed by atoms with Gasteiger partial charge >= 0.3 is 30.8 Å². The number of rotatable bonds is 11. The molecule has 0 aliphatic heterocycles. The molecule has 0 rings (SSSR count). The molecule has 0 aromatic heterocycles. The second kappa shape index (κ2) is 13.6. The first kappa shape index (κ1) is 18.9. The minimum Gasteiger partial charge on any atom is -1.00 e. The summed E-state index contributed by atoms with van der Waals surface area (Å²) in [5.41, 5.74) is 0. The van der Waals surface area contributed by atoms with Crippen molar-refractivity contribution in [3.8, 4) is 0 Å². The van der Waals surface area contributed by atoms with Gasteiger partial charge in [-0.3, -0.25) is 9.59 Å². The summed E-state index contributed by atoms with van der Waals surface area (Å²) in [6, 6.07) is 0. The molecule has 0 saturated carbocycles. The maximum Gasteiger partial charge on any atom is 1.00 e. The molecule has 0 spiro atoms. The summed E-state index contributed by atoms with van der Waals surface area (Å²) in [6.45, 7) is 0. The van der Waals surface area contributed by atoms with Crippen LogP contribution in [0.3, 0.4) is 0 Å². The Labute approximate surface area is 116 Å². The molecule has 0 atom stereocenters. The molecule has 0 aromatic carbocycles. The van der Waals surface area contributed by atoms with E-state index in [0.717, 1.165) is 51.4 Å². The monoisotopic (exact) mass is 238 g/mol. The Hall–Kier alpha value is -0.463. The molecular formula is C12H23LiO4. The van der Waals surface area contributed by atoms with Gasteiger partial charge in [-0.25, -0.2) is 0 Å². The van der Waals surface area contributed by atoms with Crippen molar-refractivity contribution >= 4 is 11.9 Å². The molecule has 0 bridgehead atoms. The Morgan fingerprint density at radius 3 is 1.12 bits per heavy atom. The molecule has 0 saturated heterocycles. The van der Waals surface area contributed by atoms with Gasteiger partial charge in [0, 0.05) is 12.8 Å². The van der Waals surface area contributed by atoms with Crippen LogP contribution in [0.4, 0.5) is 0 Å². The van der Waals surface area contributed by atoms with Crippen molar-refractivity contribution < 1.29 is 40.1 Å². The number of unbranched alkanes of at least 4 members (excludes halogenated alkanes) is 7. The van der Waals surface area contributed by atoms with E-state index in [1.165, 1.54) is 0 Å². The van der Waals surface area contributed by atoms with Crippen LogP contribution >= 0.6 is 0 Å². The zero-order valence-corrected chi connectivity index (χ0v) is 10.8. The largest absolute Gasteiger partial charge is 1.00 e. The minimum atomic E-state index is -0.714. The van der Waals surface area contributed by atoms with Gasteiger partial charge in [-0.15, -0.1) is 0 Å². The Morgan fingerprint density at radius 2 is 0.882 bits per heavy atom. The Kier molecular flexibility index (Phi) is 15.1. The van der Waals surface area contributed by atoms with Gasteiger partial charge in [0.2, 0.25) is 0 Å². The van der Waals surface area contributed by atoms with Gasteiger partial charge in [0.05, 0.1) is 0 Å². The second-order valence-corrected chi connectivity index (χ2v) is 4.12. The SMILES string of the molecule is O=C(O)CCCCCCCCCCC(=O)O.[H-].[Li+]. The maximum absolute atomic E-state index is 10.2. The number of aliphatic carboxylic acids is 2. The van der Waals surface area contributed by atoms with Crippen LogP contribution in [-0.4, -0.2) is 22.2 Å². The number of carbonyl (C=O) groups is 2. The molecule has 96 valence electrons. The predicted octanol–water partition coefficient (Wildman–Crippen LogP) is 0.173. The number of carboxylic acids is 2. The fraction of sp³-hybridized carbons (Fsp3) is 0.833. The molecule has 17 heavy (non-hydrogen) atoms. The molecule has 0 fully saturated rings. The van der Waals surface area contributed by atoms with E-state index in [-0.39, 0.29) is 33.1 Å².